The summed E-state index contributed by atoms with van der Waals surface area (Å²) >= 11 is 0. The van der Waals surface area contributed by atoms with E-state index >= 15 is 0 Å². The highest BCUT2D eigenvalue weighted by molar-refractivity contribution is 5.30. The fourth-order valence-electron chi connectivity index (χ4n) is 3.50. The predicted molar refractivity (Wildman–Crippen MR) is 76.3 cm³/mol. The number of anilines is 1. The molecule has 5 heteroatoms. The molecule has 0 amide bonds. The zero-order chi connectivity index (χ0) is 13.2. The lowest BCUT2D eigenvalue weighted by Gasteiger charge is -2.35. The van der Waals surface area contributed by atoms with Gasteiger partial charge < -0.3 is 10.2 Å². The summed E-state index contributed by atoms with van der Waals surface area (Å²) < 4.78 is 0. The van der Waals surface area contributed by atoms with Crippen LogP contribution in [0.2, 0.25) is 0 Å². The van der Waals surface area contributed by atoms with Crippen molar-refractivity contribution in [2.45, 2.75) is 58.0 Å². The summed E-state index contributed by atoms with van der Waals surface area (Å²) in [5.41, 5.74) is 0. The molecule has 106 valence electrons. The van der Waals surface area contributed by atoms with E-state index in [-0.39, 0.29) is 0 Å². The van der Waals surface area contributed by atoms with Crippen LogP contribution in [-0.4, -0.2) is 40.4 Å². The molecule has 0 aromatic carbocycles. The van der Waals surface area contributed by atoms with Gasteiger partial charge in [0.25, 0.3) is 0 Å². The van der Waals surface area contributed by atoms with Crippen LogP contribution in [0.5, 0.6) is 0 Å². The number of aromatic nitrogens is 3. The van der Waals surface area contributed by atoms with Gasteiger partial charge in [-0.05, 0) is 19.8 Å². The molecular formula is C14H25N5. The van der Waals surface area contributed by atoms with Gasteiger partial charge in [-0.2, -0.15) is 4.98 Å². The second-order valence-corrected chi connectivity index (χ2v) is 6.31. The zero-order valence-corrected chi connectivity index (χ0v) is 12.0. The summed E-state index contributed by atoms with van der Waals surface area (Å²) in [7, 11) is 0. The number of piperazine rings is 1. The van der Waals surface area contributed by atoms with E-state index < -0.39 is 0 Å². The second kappa shape index (κ2) is 5.49. The Morgan fingerprint density at radius 2 is 1.84 bits per heavy atom. The maximum absolute atomic E-state index is 4.70. The van der Waals surface area contributed by atoms with Crippen LogP contribution in [0.1, 0.15) is 45.4 Å². The van der Waals surface area contributed by atoms with Crippen molar-refractivity contribution in [1.29, 1.82) is 0 Å². The van der Waals surface area contributed by atoms with Crippen molar-refractivity contribution in [3.8, 4) is 0 Å². The van der Waals surface area contributed by atoms with E-state index in [1.54, 1.807) is 0 Å². The third-order valence-electron chi connectivity index (χ3n) is 4.32. The third kappa shape index (κ3) is 3.08. The van der Waals surface area contributed by atoms with Crippen molar-refractivity contribution in [1.82, 2.24) is 20.5 Å². The second-order valence-electron chi connectivity index (χ2n) is 6.31. The molecule has 3 rings (SSSR count). The first-order valence-corrected chi connectivity index (χ1v) is 7.63. The molecule has 0 bridgehead atoms. The molecule has 19 heavy (non-hydrogen) atoms. The van der Waals surface area contributed by atoms with Gasteiger partial charge in [0.05, 0.1) is 0 Å². The van der Waals surface area contributed by atoms with Gasteiger partial charge in [-0.15, -0.1) is 5.10 Å². The Labute approximate surface area is 115 Å². The van der Waals surface area contributed by atoms with Crippen LogP contribution in [0.4, 0.5) is 5.95 Å². The fourth-order valence-corrected chi connectivity index (χ4v) is 3.50. The Morgan fingerprint density at radius 3 is 2.53 bits per heavy atom. The fraction of sp³-hybridized carbons (Fsp3) is 0.857. The molecule has 2 N–H and O–H groups in total. The third-order valence-corrected chi connectivity index (χ3v) is 4.32. The summed E-state index contributed by atoms with van der Waals surface area (Å²) in [6.07, 6.45) is 6.57. The largest absolute Gasteiger partial charge is 0.336 e. The molecule has 2 atom stereocenters. The smallest absolute Gasteiger partial charge is 0.244 e. The lowest BCUT2D eigenvalue weighted by molar-refractivity contribution is 0.403. The Morgan fingerprint density at radius 1 is 1.16 bits per heavy atom. The summed E-state index contributed by atoms with van der Waals surface area (Å²) in [5, 5.41) is 11.1. The molecule has 1 saturated carbocycles. The van der Waals surface area contributed by atoms with Crippen molar-refractivity contribution < 1.29 is 0 Å². The molecule has 2 fully saturated rings. The van der Waals surface area contributed by atoms with Gasteiger partial charge in [-0.25, -0.2) is 0 Å². The number of H-pyrrole nitrogens is 1. The number of hydrogen-bond donors (Lipinski definition) is 2. The van der Waals surface area contributed by atoms with E-state index in [1.165, 1.54) is 25.7 Å². The topological polar surface area (TPSA) is 56.8 Å². The van der Waals surface area contributed by atoms with Gasteiger partial charge >= 0.3 is 0 Å². The minimum Gasteiger partial charge on any atom is -0.336 e. The predicted octanol–water partition coefficient (Wildman–Crippen LogP) is 1.72. The van der Waals surface area contributed by atoms with Gasteiger partial charge in [0.2, 0.25) is 5.95 Å². The Kier molecular flexibility index (Phi) is 3.73. The van der Waals surface area contributed by atoms with Crippen molar-refractivity contribution in [2.75, 3.05) is 18.0 Å². The minimum absolute atomic E-state index is 0.500. The Hall–Kier alpha value is -1.10. The highest BCUT2D eigenvalue weighted by Gasteiger charge is 2.24. The molecule has 2 heterocycles. The van der Waals surface area contributed by atoms with Crippen LogP contribution >= 0.6 is 0 Å². The minimum atomic E-state index is 0.500. The maximum Gasteiger partial charge on any atom is 0.244 e. The molecule has 1 aliphatic carbocycles. The van der Waals surface area contributed by atoms with Crippen LogP contribution in [0.3, 0.4) is 0 Å². The van der Waals surface area contributed by atoms with Crippen molar-refractivity contribution >= 4 is 5.95 Å². The molecular weight excluding hydrogens is 238 g/mol. The Bertz CT molecular complexity index is 400. The monoisotopic (exact) mass is 263 g/mol. The lowest BCUT2D eigenvalue weighted by atomic mass is 10.0. The van der Waals surface area contributed by atoms with Gasteiger partial charge in [-0.1, -0.05) is 25.7 Å². The number of nitrogens with zero attached hydrogens (tertiary/aromatic N) is 3. The van der Waals surface area contributed by atoms with Gasteiger partial charge in [0.15, 0.2) is 0 Å². The molecule has 5 nitrogen and oxygen atoms in total. The molecule has 2 aliphatic rings. The van der Waals surface area contributed by atoms with Crippen LogP contribution < -0.4 is 10.2 Å². The molecule has 1 aromatic rings. The molecule has 2 unspecified atom stereocenters. The van der Waals surface area contributed by atoms with Crippen molar-refractivity contribution in [3.63, 3.8) is 0 Å². The SMILES string of the molecule is CC1CN(c2n[nH]c(CC3CCCC3)n2)CC(C)N1. The van der Waals surface area contributed by atoms with E-state index in [2.05, 4.69) is 34.3 Å². The standard InChI is InChI=1S/C14H25N5/c1-10-8-19(9-11(2)15-10)14-16-13(17-18-14)7-12-5-3-4-6-12/h10-12,15H,3-9H2,1-2H3,(H,16,17,18). The molecule has 1 saturated heterocycles. The van der Waals surface area contributed by atoms with Gasteiger partial charge in [-0.3, -0.25) is 5.10 Å². The number of nitrogens with one attached hydrogen (secondary N) is 2. The summed E-state index contributed by atoms with van der Waals surface area (Å²) in [6.45, 7) is 6.42. The molecule has 1 aliphatic heterocycles. The number of aromatic amines is 1. The highest BCUT2D eigenvalue weighted by atomic mass is 15.4. The van der Waals surface area contributed by atoms with Gasteiger partial charge in [0.1, 0.15) is 5.82 Å². The van der Waals surface area contributed by atoms with Crippen molar-refractivity contribution in [2.24, 2.45) is 5.92 Å². The maximum atomic E-state index is 4.70. The number of rotatable bonds is 3. The Balaban J connectivity index is 1.63. The van der Waals surface area contributed by atoms with Crippen molar-refractivity contribution in [3.05, 3.63) is 5.82 Å². The first-order valence-electron chi connectivity index (χ1n) is 7.63. The van der Waals surface area contributed by atoms with E-state index in [4.69, 9.17) is 4.98 Å². The van der Waals surface area contributed by atoms with Crippen LogP contribution in [0.15, 0.2) is 0 Å². The van der Waals surface area contributed by atoms with E-state index in [0.29, 0.717) is 12.1 Å². The zero-order valence-electron chi connectivity index (χ0n) is 12.0. The van der Waals surface area contributed by atoms with E-state index in [9.17, 15) is 0 Å². The normalized spacial score (nSPS) is 29.1. The molecule has 1 aromatic heterocycles. The van der Waals surface area contributed by atoms with E-state index in [0.717, 1.165) is 37.2 Å². The first-order chi connectivity index (χ1) is 9.20. The first kappa shape index (κ1) is 12.9. The summed E-state index contributed by atoms with van der Waals surface area (Å²) in [6, 6.07) is 1.00. The average molecular weight is 263 g/mol. The van der Waals surface area contributed by atoms with Crippen LogP contribution in [0, 0.1) is 5.92 Å². The van der Waals surface area contributed by atoms with E-state index in [1.807, 2.05) is 0 Å². The molecule has 0 spiro atoms. The summed E-state index contributed by atoms with van der Waals surface area (Å²) in [4.78, 5) is 6.99. The number of hydrogen-bond acceptors (Lipinski definition) is 4. The van der Waals surface area contributed by atoms with Crippen LogP contribution in [0.25, 0.3) is 0 Å². The van der Waals surface area contributed by atoms with Crippen LogP contribution in [-0.2, 0) is 6.42 Å². The average Bonchev–Trinajstić information content (AvgIpc) is 2.99. The van der Waals surface area contributed by atoms with Gasteiger partial charge in [0, 0.05) is 31.6 Å². The summed E-state index contributed by atoms with van der Waals surface area (Å²) in [5.74, 6) is 2.77. The quantitative estimate of drug-likeness (QED) is 0.872. The highest BCUT2D eigenvalue weighted by Crippen LogP contribution is 2.27. The lowest BCUT2D eigenvalue weighted by Crippen LogP contribution is -2.54. The molecule has 0 radical (unpaired) electrons.